The Morgan fingerprint density at radius 2 is 2.23 bits per heavy atom. The maximum atomic E-state index is 12.9. The van der Waals surface area contributed by atoms with Crippen molar-refractivity contribution >= 4 is 11.6 Å². The average molecular weight is 300 g/mol. The van der Waals surface area contributed by atoms with Gasteiger partial charge in [-0.25, -0.2) is 4.98 Å². The lowest BCUT2D eigenvalue weighted by Gasteiger charge is -2.34. The smallest absolute Gasteiger partial charge is 0.273 e. The summed E-state index contributed by atoms with van der Waals surface area (Å²) in [4.78, 5) is 25.1. The number of aromatic amines is 1. The fraction of sp³-hybridized carbons (Fsp3) is 0.467. The Bertz CT molecular complexity index is 639. The first-order valence-electron chi connectivity index (χ1n) is 7.46. The fourth-order valence-electron chi connectivity index (χ4n) is 2.80. The van der Waals surface area contributed by atoms with E-state index < -0.39 is 0 Å². The molecular weight excluding hydrogens is 280 g/mol. The number of carbonyl (C=O) groups excluding carboxylic acids is 1. The Morgan fingerprint density at radius 3 is 2.95 bits per heavy atom. The van der Waals surface area contributed by atoms with E-state index >= 15 is 0 Å². The Kier molecular flexibility index (Phi) is 4.04. The van der Waals surface area contributed by atoms with Gasteiger partial charge in [0.25, 0.3) is 5.91 Å². The van der Waals surface area contributed by atoms with E-state index in [1.165, 1.54) is 6.33 Å². The molecule has 3 rings (SSSR count). The van der Waals surface area contributed by atoms with E-state index in [4.69, 9.17) is 0 Å². The van der Waals surface area contributed by atoms with E-state index in [1.54, 1.807) is 6.20 Å². The van der Waals surface area contributed by atoms with Gasteiger partial charge >= 0.3 is 0 Å². The SMILES string of the molecule is CN(C)c1ccnc(C(=O)N2CCCCC2c2ncn[nH]2)c1. The van der Waals surface area contributed by atoms with Crippen LogP contribution in [0.15, 0.2) is 24.7 Å². The van der Waals surface area contributed by atoms with Crippen molar-refractivity contribution in [1.29, 1.82) is 0 Å². The molecule has 1 amide bonds. The third-order valence-corrected chi connectivity index (χ3v) is 3.99. The Balaban J connectivity index is 1.87. The minimum absolute atomic E-state index is 0.0476. The van der Waals surface area contributed by atoms with E-state index in [2.05, 4.69) is 20.2 Å². The van der Waals surface area contributed by atoms with Crippen molar-refractivity contribution in [2.75, 3.05) is 25.5 Å². The average Bonchev–Trinajstić information content (AvgIpc) is 3.08. The lowest BCUT2D eigenvalue weighted by Crippen LogP contribution is -2.39. The third kappa shape index (κ3) is 2.79. The summed E-state index contributed by atoms with van der Waals surface area (Å²) in [5, 5.41) is 6.79. The maximum absolute atomic E-state index is 12.9. The van der Waals surface area contributed by atoms with Crippen molar-refractivity contribution < 1.29 is 4.79 Å². The number of pyridine rings is 1. The lowest BCUT2D eigenvalue weighted by molar-refractivity contribution is 0.0594. The molecule has 7 heteroatoms. The van der Waals surface area contributed by atoms with Crippen molar-refractivity contribution in [2.45, 2.75) is 25.3 Å². The molecule has 2 aromatic rings. The number of H-pyrrole nitrogens is 1. The van der Waals surface area contributed by atoms with Gasteiger partial charge in [0.15, 0.2) is 0 Å². The lowest BCUT2D eigenvalue weighted by atomic mass is 10.0. The van der Waals surface area contributed by atoms with Crippen molar-refractivity contribution in [3.05, 3.63) is 36.2 Å². The quantitative estimate of drug-likeness (QED) is 0.932. The molecule has 0 aliphatic carbocycles. The van der Waals surface area contributed by atoms with Gasteiger partial charge in [0.2, 0.25) is 0 Å². The third-order valence-electron chi connectivity index (χ3n) is 3.99. The minimum Gasteiger partial charge on any atom is -0.378 e. The number of anilines is 1. The zero-order chi connectivity index (χ0) is 15.5. The number of aromatic nitrogens is 4. The number of rotatable bonds is 3. The maximum Gasteiger partial charge on any atom is 0.273 e. The van der Waals surface area contributed by atoms with Crippen LogP contribution in [-0.2, 0) is 0 Å². The second-order valence-corrected chi connectivity index (χ2v) is 5.67. The number of carbonyl (C=O) groups is 1. The molecule has 3 heterocycles. The predicted molar refractivity (Wildman–Crippen MR) is 82.6 cm³/mol. The summed E-state index contributed by atoms with van der Waals surface area (Å²) in [6.07, 6.45) is 6.14. The van der Waals surface area contributed by atoms with Gasteiger partial charge in [0.05, 0.1) is 6.04 Å². The summed E-state index contributed by atoms with van der Waals surface area (Å²) >= 11 is 0. The van der Waals surface area contributed by atoms with E-state index in [9.17, 15) is 4.79 Å². The summed E-state index contributed by atoms with van der Waals surface area (Å²) < 4.78 is 0. The molecule has 22 heavy (non-hydrogen) atoms. The van der Waals surface area contributed by atoms with Gasteiger partial charge in [-0.1, -0.05) is 0 Å². The molecule has 1 aliphatic heterocycles. The van der Waals surface area contributed by atoms with Gasteiger partial charge in [-0.2, -0.15) is 5.10 Å². The first-order valence-corrected chi connectivity index (χ1v) is 7.46. The largest absolute Gasteiger partial charge is 0.378 e. The molecule has 0 bridgehead atoms. The summed E-state index contributed by atoms with van der Waals surface area (Å²) in [5.41, 5.74) is 1.43. The number of nitrogens with zero attached hydrogens (tertiary/aromatic N) is 5. The standard InChI is InChI=1S/C15H20N6O/c1-20(2)11-6-7-16-12(9-11)15(22)21-8-4-3-5-13(21)14-17-10-18-19-14/h6-7,9-10,13H,3-5,8H2,1-2H3,(H,17,18,19). The van der Waals surface area contributed by atoms with E-state index in [0.717, 1.165) is 37.3 Å². The highest BCUT2D eigenvalue weighted by Gasteiger charge is 2.31. The molecule has 0 saturated carbocycles. The summed E-state index contributed by atoms with van der Waals surface area (Å²) in [5.74, 6) is 0.696. The molecule has 1 saturated heterocycles. The molecule has 1 fully saturated rings. The van der Waals surface area contributed by atoms with Crippen LogP contribution in [0.1, 0.15) is 41.6 Å². The van der Waals surface area contributed by atoms with E-state index in [0.29, 0.717) is 5.69 Å². The molecule has 1 aliphatic rings. The van der Waals surface area contributed by atoms with Crippen molar-refractivity contribution in [1.82, 2.24) is 25.1 Å². The number of piperidine rings is 1. The van der Waals surface area contributed by atoms with Crippen LogP contribution in [0, 0.1) is 0 Å². The fourth-order valence-corrected chi connectivity index (χ4v) is 2.80. The number of nitrogens with one attached hydrogen (secondary N) is 1. The van der Waals surface area contributed by atoms with E-state index in [1.807, 2.05) is 36.0 Å². The van der Waals surface area contributed by atoms with Crippen molar-refractivity contribution in [3.63, 3.8) is 0 Å². The molecular formula is C15H20N6O. The van der Waals surface area contributed by atoms with Gasteiger partial charge in [0.1, 0.15) is 17.8 Å². The number of likely N-dealkylation sites (tertiary alicyclic amines) is 1. The first kappa shape index (κ1) is 14.5. The van der Waals surface area contributed by atoms with Crippen LogP contribution in [0.5, 0.6) is 0 Å². The number of hydrogen-bond acceptors (Lipinski definition) is 5. The van der Waals surface area contributed by atoms with Crippen LogP contribution < -0.4 is 4.90 Å². The van der Waals surface area contributed by atoms with Crippen LogP contribution in [0.2, 0.25) is 0 Å². The van der Waals surface area contributed by atoms with Gasteiger partial charge in [-0.05, 0) is 31.4 Å². The van der Waals surface area contributed by atoms with Gasteiger partial charge in [-0.3, -0.25) is 14.9 Å². The van der Waals surface area contributed by atoms with Gasteiger partial charge < -0.3 is 9.80 Å². The van der Waals surface area contributed by atoms with Crippen LogP contribution in [0.4, 0.5) is 5.69 Å². The molecule has 7 nitrogen and oxygen atoms in total. The normalized spacial score (nSPS) is 18.3. The molecule has 0 spiro atoms. The molecule has 1 N–H and O–H groups in total. The van der Waals surface area contributed by atoms with Gasteiger partial charge in [-0.15, -0.1) is 0 Å². The zero-order valence-corrected chi connectivity index (χ0v) is 12.9. The van der Waals surface area contributed by atoms with Crippen LogP contribution in [-0.4, -0.2) is 51.6 Å². The van der Waals surface area contributed by atoms with E-state index in [-0.39, 0.29) is 11.9 Å². The first-order chi connectivity index (χ1) is 10.7. The highest BCUT2D eigenvalue weighted by atomic mass is 16.2. The molecule has 116 valence electrons. The molecule has 1 atom stereocenters. The Labute approximate surface area is 129 Å². The Morgan fingerprint density at radius 1 is 1.36 bits per heavy atom. The highest BCUT2D eigenvalue weighted by Crippen LogP contribution is 2.30. The number of amides is 1. The van der Waals surface area contributed by atoms with Crippen LogP contribution in [0.25, 0.3) is 0 Å². The molecule has 0 radical (unpaired) electrons. The molecule has 0 aromatic carbocycles. The second kappa shape index (κ2) is 6.13. The second-order valence-electron chi connectivity index (χ2n) is 5.67. The predicted octanol–water partition coefficient (Wildman–Crippen LogP) is 1.63. The Hall–Kier alpha value is -2.44. The highest BCUT2D eigenvalue weighted by molar-refractivity contribution is 5.93. The molecule has 2 aromatic heterocycles. The van der Waals surface area contributed by atoms with Gasteiger partial charge in [0, 0.05) is 32.5 Å². The summed E-state index contributed by atoms with van der Waals surface area (Å²) in [6.45, 7) is 0.720. The summed E-state index contributed by atoms with van der Waals surface area (Å²) in [6, 6.07) is 3.67. The number of hydrogen-bond donors (Lipinski definition) is 1. The van der Waals surface area contributed by atoms with Crippen molar-refractivity contribution in [3.8, 4) is 0 Å². The topological polar surface area (TPSA) is 78.0 Å². The minimum atomic E-state index is -0.0511. The summed E-state index contributed by atoms with van der Waals surface area (Å²) in [7, 11) is 3.89. The monoisotopic (exact) mass is 300 g/mol. The van der Waals surface area contributed by atoms with Crippen molar-refractivity contribution in [2.24, 2.45) is 0 Å². The van der Waals surface area contributed by atoms with Crippen LogP contribution >= 0.6 is 0 Å². The van der Waals surface area contributed by atoms with Crippen LogP contribution in [0.3, 0.4) is 0 Å². The zero-order valence-electron chi connectivity index (χ0n) is 12.9. The molecule has 1 unspecified atom stereocenters.